The number of para-hydroxylation sites is 2. The number of aromatic nitrogens is 1. The first kappa shape index (κ1) is 21.7. The number of nitrogens with zero attached hydrogens (tertiary/aromatic N) is 1. The summed E-state index contributed by atoms with van der Waals surface area (Å²) in [5, 5.41) is 17.7. The van der Waals surface area contributed by atoms with Crippen LogP contribution in [0.1, 0.15) is 9.67 Å². The van der Waals surface area contributed by atoms with Gasteiger partial charge in [-0.1, -0.05) is 41.4 Å². The summed E-state index contributed by atoms with van der Waals surface area (Å²) in [5.74, 6) is -0.192. The number of carbonyl (C=O) groups is 1. The third-order valence-corrected chi connectivity index (χ3v) is 6.90. The largest absolute Gasteiger partial charge is 0.507 e. The lowest BCUT2D eigenvalue weighted by Gasteiger charge is -2.10. The molecule has 0 unspecified atom stereocenters. The number of phenols is 1. The van der Waals surface area contributed by atoms with E-state index in [-0.39, 0.29) is 10.9 Å². The molecule has 0 spiro atoms. The number of aromatic hydroxyl groups is 1. The number of nitrogens with one attached hydrogen (secondary N) is 2. The fourth-order valence-electron chi connectivity index (χ4n) is 3.28. The summed E-state index contributed by atoms with van der Waals surface area (Å²) in [6.45, 7) is 0. The number of thiophene rings is 1. The van der Waals surface area contributed by atoms with E-state index < -0.39 is 5.91 Å². The van der Waals surface area contributed by atoms with Crippen molar-refractivity contribution in [1.82, 2.24) is 10.3 Å². The van der Waals surface area contributed by atoms with Crippen LogP contribution in [-0.4, -0.2) is 21.1 Å². The van der Waals surface area contributed by atoms with Gasteiger partial charge in [0.2, 0.25) is 5.89 Å². The number of anilines is 1. The number of amides is 1. The number of phenolic OH excluding ortho intramolecular Hbond substituents is 1. The molecule has 0 aliphatic rings. The predicted octanol–water partition coefficient (Wildman–Crippen LogP) is 6.85. The number of hydrogen-bond donors (Lipinski definition) is 3. The Bertz CT molecular complexity index is 1530. The minimum atomic E-state index is -0.442. The molecule has 0 bridgehead atoms. The van der Waals surface area contributed by atoms with Crippen LogP contribution < -0.4 is 10.6 Å². The van der Waals surface area contributed by atoms with Gasteiger partial charge in [0.25, 0.3) is 5.91 Å². The van der Waals surface area contributed by atoms with E-state index in [1.165, 1.54) is 17.4 Å². The van der Waals surface area contributed by atoms with Crippen molar-refractivity contribution < 1.29 is 14.3 Å². The van der Waals surface area contributed by atoms with Gasteiger partial charge < -0.3 is 14.8 Å². The van der Waals surface area contributed by atoms with Crippen LogP contribution in [0, 0.1) is 0 Å². The number of oxazole rings is 1. The number of halogens is 2. The maximum absolute atomic E-state index is 12.7. The Labute approximate surface area is 206 Å². The maximum atomic E-state index is 12.7. The average molecular weight is 514 g/mol. The summed E-state index contributed by atoms with van der Waals surface area (Å²) < 4.78 is 6.51. The normalized spacial score (nSPS) is 11.1. The fourth-order valence-corrected chi connectivity index (χ4v) is 5.18. The van der Waals surface area contributed by atoms with Gasteiger partial charge in [0.1, 0.15) is 16.1 Å². The van der Waals surface area contributed by atoms with Gasteiger partial charge in [0.05, 0.1) is 10.6 Å². The summed E-state index contributed by atoms with van der Waals surface area (Å²) >= 11 is 18.9. The zero-order chi connectivity index (χ0) is 23.1. The second kappa shape index (κ2) is 8.64. The van der Waals surface area contributed by atoms with Gasteiger partial charge in [-0.2, -0.15) is 0 Å². The molecule has 3 N–H and O–H groups in total. The second-order valence-electron chi connectivity index (χ2n) is 7.01. The Morgan fingerprint density at radius 2 is 1.91 bits per heavy atom. The summed E-state index contributed by atoms with van der Waals surface area (Å²) in [4.78, 5) is 17.4. The molecule has 0 aliphatic carbocycles. The number of thiocarbonyl (C=S) groups is 1. The van der Waals surface area contributed by atoms with Gasteiger partial charge in [-0.25, -0.2) is 4.98 Å². The van der Waals surface area contributed by atoms with Crippen molar-refractivity contribution in [2.24, 2.45) is 0 Å². The standard InChI is InChI=1S/C23H13Cl2N3O3S2/c24-11-5-7-14-18(9-11)33-20(19(14)25)21(30)28-23(32)26-12-6-8-13(16(29)10-12)22-27-15-3-1-2-4-17(15)31-22/h1-10,29H,(H2,26,28,30,32). The maximum Gasteiger partial charge on any atom is 0.269 e. The molecule has 0 radical (unpaired) electrons. The first-order valence-electron chi connectivity index (χ1n) is 9.58. The molecule has 5 aromatic rings. The van der Waals surface area contributed by atoms with Gasteiger partial charge in [-0.3, -0.25) is 10.1 Å². The second-order valence-corrected chi connectivity index (χ2v) is 9.29. The molecule has 0 fully saturated rings. The number of hydrogen-bond acceptors (Lipinski definition) is 6. The molecule has 33 heavy (non-hydrogen) atoms. The molecule has 10 heteroatoms. The summed E-state index contributed by atoms with van der Waals surface area (Å²) in [7, 11) is 0. The predicted molar refractivity (Wildman–Crippen MR) is 137 cm³/mol. The van der Waals surface area contributed by atoms with Crippen LogP contribution >= 0.6 is 46.8 Å². The lowest BCUT2D eigenvalue weighted by molar-refractivity contribution is 0.0982. The lowest BCUT2D eigenvalue weighted by Crippen LogP contribution is -2.33. The minimum Gasteiger partial charge on any atom is -0.507 e. The smallest absolute Gasteiger partial charge is 0.269 e. The summed E-state index contributed by atoms with van der Waals surface area (Å²) in [6.07, 6.45) is 0. The van der Waals surface area contributed by atoms with Crippen molar-refractivity contribution in [3.8, 4) is 17.2 Å². The Hall–Kier alpha value is -3.17. The van der Waals surface area contributed by atoms with Crippen molar-refractivity contribution in [1.29, 1.82) is 0 Å². The topological polar surface area (TPSA) is 87.4 Å². The van der Waals surface area contributed by atoms with Crippen LogP contribution in [0.25, 0.3) is 32.6 Å². The first-order valence-corrected chi connectivity index (χ1v) is 11.6. The number of fused-ring (bicyclic) bond motifs is 2. The molecule has 2 aromatic heterocycles. The highest BCUT2D eigenvalue weighted by Crippen LogP contribution is 2.37. The van der Waals surface area contributed by atoms with Gasteiger partial charge in [0, 0.05) is 26.9 Å². The molecule has 164 valence electrons. The Kier molecular flexibility index (Phi) is 5.67. The third-order valence-electron chi connectivity index (χ3n) is 4.80. The van der Waals surface area contributed by atoms with Crippen molar-refractivity contribution in [3.05, 3.63) is 75.6 Å². The SMILES string of the molecule is O=C(NC(=S)Nc1ccc(-c2nc3ccccc3o2)c(O)c1)c1sc2cc(Cl)ccc2c1Cl. The molecule has 1 amide bonds. The van der Waals surface area contributed by atoms with Gasteiger partial charge in [-0.05, 0) is 48.6 Å². The third kappa shape index (κ3) is 4.26. The van der Waals surface area contributed by atoms with Gasteiger partial charge in [0.15, 0.2) is 10.7 Å². The molecule has 0 atom stereocenters. The monoisotopic (exact) mass is 513 g/mol. The molecule has 6 nitrogen and oxygen atoms in total. The van der Waals surface area contributed by atoms with Crippen LogP contribution in [0.15, 0.2) is 65.1 Å². The molecular formula is C23H13Cl2N3O3S2. The van der Waals surface area contributed by atoms with E-state index in [2.05, 4.69) is 15.6 Å². The number of carbonyl (C=O) groups excluding carboxylic acids is 1. The lowest BCUT2D eigenvalue weighted by atomic mass is 10.2. The summed E-state index contributed by atoms with van der Waals surface area (Å²) in [5.41, 5.74) is 2.23. The van der Waals surface area contributed by atoms with Crippen LogP contribution in [-0.2, 0) is 0 Å². The van der Waals surface area contributed by atoms with Crippen LogP contribution in [0.3, 0.4) is 0 Å². The van der Waals surface area contributed by atoms with E-state index in [0.29, 0.717) is 43.2 Å². The van der Waals surface area contributed by atoms with Crippen LogP contribution in [0.5, 0.6) is 5.75 Å². The first-order chi connectivity index (χ1) is 15.9. The molecule has 0 saturated carbocycles. The molecule has 0 saturated heterocycles. The van der Waals surface area contributed by atoms with Crippen molar-refractivity contribution >= 4 is 84.6 Å². The molecule has 2 heterocycles. The molecular weight excluding hydrogens is 501 g/mol. The molecule has 5 rings (SSSR count). The fraction of sp³-hybridized carbons (Fsp3) is 0. The highest BCUT2D eigenvalue weighted by molar-refractivity contribution is 7.80. The Morgan fingerprint density at radius 1 is 1.09 bits per heavy atom. The van der Waals surface area contributed by atoms with Crippen molar-refractivity contribution in [2.75, 3.05) is 5.32 Å². The zero-order valence-corrected chi connectivity index (χ0v) is 19.7. The highest BCUT2D eigenvalue weighted by Gasteiger charge is 2.19. The van der Waals surface area contributed by atoms with Gasteiger partial charge >= 0.3 is 0 Å². The average Bonchev–Trinajstić information content (AvgIpc) is 3.34. The van der Waals surface area contributed by atoms with Crippen LogP contribution in [0.4, 0.5) is 5.69 Å². The van der Waals surface area contributed by atoms with Gasteiger partial charge in [-0.15, -0.1) is 11.3 Å². The van der Waals surface area contributed by atoms with E-state index in [0.717, 1.165) is 10.1 Å². The minimum absolute atomic E-state index is 0.0508. The molecule has 0 aliphatic heterocycles. The van der Waals surface area contributed by atoms with E-state index in [4.69, 9.17) is 39.8 Å². The van der Waals surface area contributed by atoms with Crippen molar-refractivity contribution in [3.63, 3.8) is 0 Å². The Balaban J connectivity index is 1.31. The number of rotatable bonds is 3. The van der Waals surface area contributed by atoms with Crippen LogP contribution in [0.2, 0.25) is 10.0 Å². The van der Waals surface area contributed by atoms with E-state index in [1.54, 1.807) is 36.4 Å². The van der Waals surface area contributed by atoms with Crippen molar-refractivity contribution in [2.45, 2.75) is 0 Å². The quantitative estimate of drug-likeness (QED) is 0.228. The number of benzene rings is 3. The Morgan fingerprint density at radius 3 is 2.70 bits per heavy atom. The zero-order valence-electron chi connectivity index (χ0n) is 16.6. The van der Waals surface area contributed by atoms with E-state index >= 15 is 0 Å². The van der Waals surface area contributed by atoms with E-state index in [9.17, 15) is 9.90 Å². The molecule has 3 aromatic carbocycles. The van der Waals surface area contributed by atoms with E-state index in [1.807, 2.05) is 18.2 Å². The highest BCUT2D eigenvalue weighted by atomic mass is 35.5. The summed E-state index contributed by atoms with van der Waals surface area (Å²) in [6, 6.07) is 17.4.